The van der Waals surface area contributed by atoms with Crippen LogP contribution in [0.2, 0.25) is 0 Å². The Hall–Kier alpha value is -2.51. The third kappa shape index (κ3) is 3.40. The normalized spacial score (nSPS) is 14.3. The van der Waals surface area contributed by atoms with Crippen molar-refractivity contribution in [2.75, 3.05) is 18.1 Å². The fourth-order valence-electron chi connectivity index (χ4n) is 3.76. The summed E-state index contributed by atoms with van der Waals surface area (Å²) in [6, 6.07) is 3.97. The van der Waals surface area contributed by atoms with Crippen molar-refractivity contribution in [3.05, 3.63) is 40.2 Å². The Morgan fingerprint density at radius 1 is 1.19 bits per heavy atom. The highest BCUT2D eigenvalue weighted by Gasteiger charge is 2.43. The van der Waals surface area contributed by atoms with E-state index in [4.69, 9.17) is 4.74 Å². The maximum atomic E-state index is 13.6. The molecule has 3 rings (SSSR count). The lowest BCUT2D eigenvalue weighted by atomic mass is 10.0. The number of fused-ring (bicyclic) bond motifs is 1. The van der Waals surface area contributed by atoms with Gasteiger partial charge in [0.05, 0.1) is 6.61 Å². The van der Waals surface area contributed by atoms with Crippen molar-refractivity contribution in [3.63, 3.8) is 0 Å². The summed E-state index contributed by atoms with van der Waals surface area (Å²) >= 11 is 0. The lowest BCUT2D eigenvalue weighted by Gasteiger charge is -2.32. The van der Waals surface area contributed by atoms with Gasteiger partial charge in [-0.15, -0.1) is 0 Å². The summed E-state index contributed by atoms with van der Waals surface area (Å²) in [6.45, 7) is 8.19. The quantitative estimate of drug-likeness (QED) is 0.732. The topological polar surface area (TPSA) is 47.4 Å². The van der Waals surface area contributed by atoms with Crippen LogP contribution in [0.4, 0.5) is 24.8 Å². The molecule has 1 aromatic heterocycles. The van der Waals surface area contributed by atoms with Crippen LogP contribution < -0.4 is 4.90 Å². The first kappa shape index (κ1) is 19.3. The number of carbonyl (C=O) groups excluding carboxylic acids is 1. The van der Waals surface area contributed by atoms with Crippen molar-refractivity contribution in [2.24, 2.45) is 0 Å². The van der Waals surface area contributed by atoms with Crippen molar-refractivity contribution in [1.82, 2.24) is 9.55 Å². The number of carbonyl (C=O) groups is 1. The van der Waals surface area contributed by atoms with Crippen molar-refractivity contribution in [2.45, 2.75) is 46.8 Å². The van der Waals surface area contributed by atoms with E-state index < -0.39 is 23.5 Å². The van der Waals surface area contributed by atoms with Crippen LogP contribution in [0.3, 0.4) is 0 Å². The molecule has 27 heavy (non-hydrogen) atoms. The number of hydrogen-bond acceptors (Lipinski definition) is 4. The Labute approximate surface area is 155 Å². The van der Waals surface area contributed by atoms with Crippen LogP contribution in [0.15, 0.2) is 12.1 Å². The second-order valence-corrected chi connectivity index (χ2v) is 6.73. The second-order valence-electron chi connectivity index (χ2n) is 6.73. The third-order valence-corrected chi connectivity index (χ3v) is 4.59. The van der Waals surface area contributed by atoms with Gasteiger partial charge in [-0.2, -0.15) is 13.2 Å². The maximum Gasteiger partial charge on any atom is 0.435 e. The smallest absolute Gasteiger partial charge is 0.435 e. The molecule has 8 heteroatoms. The molecule has 0 amide bonds. The first-order chi connectivity index (χ1) is 12.6. The van der Waals surface area contributed by atoms with Gasteiger partial charge >= 0.3 is 12.1 Å². The van der Waals surface area contributed by atoms with Crippen LogP contribution >= 0.6 is 0 Å². The Balaban J connectivity index is 2.21. The number of nitrogens with zero attached hydrogens (tertiary/aromatic N) is 3. The number of aromatic nitrogens is 2. The molecule has 0 radical (unpaired) electrons. The van der Waals surface area contributed by atoms with E-state index in [0.717, 1.165) is 22.4 Å². The van der Waals surface area contributed by atoms with Gasteiger partial charge in [0.2, 0.25) is 5.95 Å². The van der Waals surface area contributed by atoms with Gasteiger partial charge < -0.3 is 14.2 Å². The third-order valence-electron chi connectivity index (χ3n) is 4.59. The van der Waals surface area contributed by atoms with E-state index in [2.05, 4.69) is 4.98 Å². The van der Waals surface area contributed by atoms with E-state index in [0.29, 0.717) is 13.0 Å². The Morgan fingerprint density at radius 2 is 1.81 bits per heavy atom. The fraction of sp³-hybridized carbons (Fsp3) is 0.474. The van der Waals surface area contributed by atoms with Crippen LogP contribution in [-0.4, -0.2) is 28.7 Å². The molecular formula is C19H22F3N3O2. The monoisotopic (exact) mass is 381 g/mol. The molecule has 1 aliphatic rings. The van der Waals surface area contributed by atoms with E-state index in [-0.39, 0.29) is 19.1 Å². The van der Waals surface area contributed by atoms with Crippen LogP contribution in [0.1, 0.15) is 46.2 Å². The first-order valence-electron chi connectivity index (χ1n) is 8.85. The van der Waals surface area contributed by atoms with Gasteiger partial charge in [-0.3, -0.25) is 0 Å². The van der Waals surface area contributed by atoms with Gasteiger partial charge in [-0.05, 0) is 45.2 Å². The van der Waals surface area contributed by atoms with Crippen molar-refractivity contribution >= 4 is 17.6 Å². The molecule has 1 aromatic carbocycles. The average Bonchev–Trinajstić information content (AvgIpc) is 2.95. The molecule has 0 saturated carbocycles. The number of aryl methyl sites for hydroxylation is 3. The zero-order valence-corrected chi connectivity index (χ0v) is 15.8. The average molecular weight is 381 g/mol. The molecule has 2 aromatic rings. The first-order valence-corrected chi connectivity index (χ1v) is 8.85. The summed E-state index contributed by atoms with van der Waals surface area (Å²) < 4.78 is 46.9. The summed E-state index contributed by atoms with van der Waals surface area (Å²) in [5.41, 5.74) is 2.11. The molecular weight excluding hydrogens is 359 g/mol. The van der Waals surface area contributed by atoms with Gasteiger partial charge in [0, 0.05) is 18.8 Å². The Kier molecular flexibility index (Phi) is 4.92. The zero-order valence-electron chi connectivity index (χ0n) is 15.8. The predicted octanol–water partition coefficient (Wildman–Crippen LogP) is 4.55. The van der Waals surface area contributed by atoms with Gasteiger partial charge in [-0.25, -0.2) is 9.78 Å². The number of rotatable bonds is 3. The summed E-state index contributed by atoms with van der Waals surface area (Å²) in [6.07, 6.45) is -4.14. The SMILES string of the molecule is CCOC(=O)c1c(C(F)(F)F)nc2n1CCCN2c1c(C)cc(C)cc1C. The summed E-state index contributed by atoms with van der Waals surface area (Å²) in [7, 11) is 0. The van der Waals surface area contributed by atoms with Crippen LogP contribution in [0, 0.1) is 20.8 Å². The molecule has 0 bridgehead atoms. The van der Waals surface area contributed by atoms with E-state index in [1.54, 1.807) is 11.8 Å². The second kappa shape index (κ2) is 6.90. The van der Waals surface area contributed by atoms with Crippen molar-refractivity contribution in [3.8, 4) is 0 Å². The number of anilines is 2. The van der Waals surface area contributed by atoms with Gasteiger partial charge in [0.15, 0.2) is 11.4 Å². The fourth-order valence-corrected chi connectivity index (χ4v) is 3.76. The minimum atomic E-state index is -4.74. The Morgan fingerprint density at radius 3 is 2.37 bits per heavy atom. The molecule has 0 aliphatic carbocycles. The maximum absolute atomic E-state index is 13.6. The lowest BCUT2D eigenvalue weighted by Crippen LogP contribution is -2.30. The minimum absolute atomic E-state index is 0.00344. The molecule has 0 saturated heterocycles. The lowest BCUT2D eigenvalue weighted by molar-refractivity contribution is -0.141. The Bertz CT molecular complexity index is 864. The number of alkyl halides is 3. The van der Waals surface area contributed by atoms with Gasteiger partial charge in [0.1, 0.15) is 0 Å². The van der Waals surface area contributed by atoms with Crippen molar-refractivity contribution < 1.29 is 22.7 Å². The molecule has 0 spiro atoms. The number of esters is 1. The van der Waals surface area contributed by atoms with Crippen LogP contribution in [-0.2, 0) is 17.5 Å². The number of imidazole rings is 1. The largest absolute Gasteiger partial charge is 0.461 e. The number of ether oxygens (including phenoxy) is 1. The minimum Gasteiger partial charge on any atom is -0.461 e. The molecule has 0 fully saturated rings. The van der Waals surface area contributed by atoms with E-state index in [1.807, 2.05) is 32.9 Å². The van der Waals surface area contributed by atoms with Gasteiger partial charge in [0.25, 0.3) is 0 Å². The van der Waals surface area contributed by atoms with Crippen LogP contribution in [0.5, 0.6) is 0 Å². The number of benzene rings is 1. The standard InChI is InChI=1S/C19H22F3N3O2/c1-5-27-17(26)15-16(19(20,21)22)23-18-24(7-6-8-25(15)18)14-12(3)9-11(2)10-13(14)4/h9-10H,5-8H2,1-4H3. The predicted molar refractivity (Wildman–Crippen MR) is 95.5 cm³/mol. The molecule has 146 valence electrons. The number of halogens is 3. The van der Waals surface area contributed by atoms with Crippen molar-refractivity contribution in [1.29, 1.82) is 0 Å². The summed E-state index contributed by atoms with van der Waals surface area (Å²) in [5.74, 6) is -0.866. The molecule has 5 nitrogen and oxygen atoms in total. The molecule has 0 N–H and O–H groups in total. The number of hydrogen-bond donors (Lipinski definition) is 0. The highest BCUT2D eigenvalue weighted by atomic mass is 19.4. The highest BCUT2D eigenvalue weighted by molar-refractivity contribution is 5.90. The summed E-state index contributed by atoms with van der Waals surface area (Å²) in [5, 5.41) is 0. The molecule has 2 heterocycles. The van der Waals surface area contributed by atoms with E-state index in [1.165, 1.54) is 4.57 Å². The molecule has 0 unspecified atom stereocenters. The van der Waals surface area contributed by atoms with E-state index >= 15 is 0 Å². The molecule has 0 atom stereocenters. The highest BCUT2D eigenvalue weighted by Crippen LogP contribution is 2.40. The van der Waals surface area contributed by atoms with Crippen LogP contribution in [0.25, 0.3) is 0 Å². The zero-order chi connectivity index (χ0) is 19.9. The molecule has 1 aliphatic heterocycles. The van der Waals surface area contributed by atoms with Gasteiger partial charge in [-0.1, -0.05) is 17.7 Å². The summed E-state index contributed by atoms with van der Waals surface area (Å²) in [4.78, 5) is 17.9. The van der Waals surface area contributed by atoms with E-state index in [9.17, 15) is 18.0 Å².